The van der Waals surface area contributed by atoms with E-state index in [-0.39, 0.29) is 5.69 Å². The number of rotatable bonds is 3. The van der Waals surface area contributed by atoms with Gasteiger partial charge in [-0.15, -0.1) is 0 Å². The monoisotopic (exact) mass is 332 g/mol. The zero-order valence-corrected chi connectivity index (χ0v) is 11.7. The fourth-order valence-corrected chi connectivity index (χ4v) is 1.78. The predicted octanol–water partition coefficient (Wildman–Crippen LogP) is 1.65. The van der Waals surface area contributed by atoms with Crippen molar-refractivity contribution < 1.29 is 4.79 Å². The second-order valence-corrected chi connectivity index (χ2v) is 4.60. The van der Waals surface area contributed by atoms with Gasteiger partial charge in [0.1, 0.15) is 11.8 Å². The number of nitrogens with one attached hydrogen (secondary N) is 2. The molecule has 8 heteroatoms. The molecule has 0 aliphatic rings. The highest BCUT2D eigenvalue weighted by atomic mass is 79.9. The number of nitriles is 1. The first kappa shape index (κ1) is 13.9. The van der Waals surface area contributed by atoms with E-state index in [0.717, 1.165) is 4.47 Å². The molecule has 100 valence electrons. The normalized spacial score (nSPS) is 9.65. The van der Waals surface area contributed by atoms with Crippen molar-refractivity contribution in [3.05, 3.63) is 46.3 Å². The van der Waals surface area contributed by atoms with Crippen molar-refractivity contribution >= 4 is 33.3 Å². The molecule has 0 saturated heterocycles. The number of amides is 1. The number of nitrogens with zero attached hydrogens (tertiary/aromatic N) is 3. The van der Waals surface area contributed by atoms with Gasteiger partial charge in [0.05, 0.1) is 23.6 Å². The molecule has 1 aromatic heterocycles. The maximum Gasteiger partial charge on any atom is 0.275 e. The van der Waals surface area contributed by atoms with Crippen LogP contribution in [0.4, 0.5) is 11.5 Å². The van der Waals surface area contributed by atoms with Gasteiger partial charge < -0.3 is 10.7 Å². The maximum atomic E-state index is 12.0. The summed E-state index contributed by atoms with van der Waals surface area (Å²) >= 11 is 3.28. The summed E-state index contributed by atoms with van der Waals surface area (Å²) in [6.45, 7) is 0. The van der Waals surface area contributed by atoms with Gasteiger partial charge in [-0.05, 0) is 18.2 Å². The van der Waals surface area contributed by atoms with Crippen molar-refractivity contribution in [3.63, 3.8) is 0 Å². The Kier molecular flexibility index (Phi) is 4.24. The number of hydrogen-bond acceptors (Lipinski definition) is 6. The molecule has 0 atom stereocenters. The number of carbonyl (C=O) groups is 1. The summed E-state index contributed by atoms with van der Waals surface area (Å²) in [7, 11) is 0. The first-order valence-electron chi connectivity index (χ1n) is 5.43. The van der Waals surface area contributed by atoms with E-state index >= 15 is 0 Å². The highest BCUT2D eigenvalue weighted by Crippen LogP contribution is 2.21. The van der Waals surface area contributed by atoms with Crippen LogP contribution >= 0.6 is 15.9 Å². The lowest BCUT2D eigenvalue weighted by Gasteiger charge is -2.07. The Hall–Kier alpha value is -2.50. The molecule has 0 radical (unpaired) electrons. The molecular weight excluding hydrogens is 324 g/mol. The van der Waals surface area contributed by atoms with Gasteiger partial charge in [0.25, 0.3) is 5.91 Å². The van der Waals surface area contributed by atoms with Crippen molar-refractivity contribution in [1.29, 1.82) is 5.26 Å². The van der Waals surface area contributed by atoms with E-state index in [1.165, 1.54) is 12.4 Å². The third-order valence-corrected chi connectivity index (χ3v) is 2.88. The van der Waals surface area contributed by atoms with Crippen molar-refractivity contribution in [1.82, 2.24) is 9.97 Å². The molecule has 1 amide bonds. The Morgan fingerprint density at radius 2 is 2.15 bits per heavy atom. The Balaban J connectivity index is 2.23. The molecule has 4 N–H and O–H groups in total. The smallest absolute Gasteiger partial charge is 0.275 e. The second-order valence-electron chi connectivity index (χ2n) is 3.69. The molecule has 20 heavy (non-hydrogen) atoms. The molecule has 0 bridgehead atoms. The van der Waals surface area contributed by atoms with Crippen LogP contribution < -0.4 is 16.6 Å². The third-order valence-electron chi connectivity index (χ3n) is 2.38. The lowest BCUT2D eigenvalue weighted by Crippen LogP contribution is -2.16. The summed E-state index contributed by atoms with van der Waals surface area (Å²) < 4.78 is 0.751. The van der Waals surface area contributed by atoms with Gasteiger partial charge in [0.15, 0.2) is 5.82 Å². The molecule has 0 unspecified atom stereocenters. The molecule has 2 aromatic rings. The highest BCUT2D eigenvalue weighted by molar-refractivity contribution is 9.10. The van der Waals surface area contributed by atoms with Gasteiger partial charge in [0, 0.05) is 4.47 Å². The van der Waals surface area contributed by atoms with Gasteiger partial charge in [-0.2, -0.15) is 5.26 Å². The summed E-state index contributed by atoms with van der Waals surface area (Å²) in [5.74, 6) is 5.05. The summed E-state index contributed by atoms with van der Waals surface area (Å²) in [5.41, 5.74) is 3.19. The first-order valence-corrected chi connectivity index (χ1v) is 6.23. The molecule has 0 spiro atoms. The lowest BCUT2D eigenvalue weighted by molar-refractivity contribution is 0.102. The van der Waals surface area contributed by atoms with Crippen LogP contribution in [0.15, 0.2) is 35.1 Å². The summed E-state index contributed by atoms with van der Waals surface area (Å²) in [5, 5.41) is 11.6. The molecule has 0 fully saturated rings. The van der Waals surface area contributed by atoms with E-state index in [4.69, 9.17) is 11.1 Å². The van der Waals surface area contributed by atoms with E-state index in [1.54, 1.807) is 18.2 Å². The molecular formula is C12H9BrN6O. The fraction of sp³-hybridized carbons (Fsp3) is 0. The second kappa shape index (κ2) is 6.10. The van der Waals surface area contributed by atoms with E-state index in [0.29, 0.717) is 17.1 Å². The van der Waals surface area contributed by atoms with Crippen LogP contribution in [-0.4, -0.2) is 15.9 Å². The standard InChI is InChI=1S/C12H9BrN6O/c13-8-2-1-7(4-14)9(3-8)18-12(20)10-5-17-11(19-15)6-16-10/h1-3,5-6H,15H2,(H,17,19)(H,18,20). The van der Waals surface area contributed by atoms with E-state index in [9.17, 15) is 4.79 Å². The summed E-state index contributed by atoms with van der Waals surface area (Å²) in [6, 6.07) is 6.96. The molecule has 1 aromatic carbocycles. The Morgan fingerprint density at radius 3 is 2.75 bits per heavy atom. The number of anilines is 2. The Morgan fingerprint density at radius 1 is 1.35 bits per heavy atom. The summed E-state index contributed by atoms with van der Waals surface area (Å²) in [6.07, 6.45) is 2.62. The molecule has 0 aliphatic heterocycles. The first-order chi connectivity index (χ1) is 9.63. The predicted molar refractivity (Wildman–Crippen MR) is 76.7 cm³/mol. The van der Waals surface area contributed by atoms with Crippen LogP contribution in [-0.2, 0) is 0 Å². The number of halogens is 1. The fourth-order valence-electron chi connectivity index (χ4n) is 1.42. The topological polar surface area (TPSA) is 117 Å². The van der Waals surface area contributed by atoms with Crippen LogP contribution in [0.5, 0.6) is 0 Å². The molecule has 0 aliphatic carbocycles. The van der Waals surface area contributed by atoms with Crippen molar-refractivity contribution in [2.24, 2.45) is 5.84 Å². The minimum Gasteiger partial charge on any atom is -0.319 e. The van der Waals surface area contributed by atoms with Crippen molar-refractivity contribution in [2.45, 2.75) is 0 Å². The number of benzene rings is 1. The highest BCUT2D eigenvalue weighted by Gasteiger charge is 2.11. The average Bonchev–Trinajstić information content (AvgIpc) is 2.47. The Bertz CT molecular complexity index is 679. The number of aromatic nitrogens is 2. The zero-order chi connectivity index (χ0) is 14.5. The van der Waals surface area contributed by atoms with Gasteiger partial charge in [-0.3, -0.25) is 4.79 Å². The van der Waals surface area contributed by atoms with Gasteiger partial charge in [-0.1, -0.05) is 15.9 Å². The number of carbonyl (C=O) groups excluding carboxylic acids is 1. The van der Waals surface area contributed by atoms with Crippen LogP contribution in [0.2, 0.25) is 0 Å². The minimum atomic E-state index is -0.462. The largest absolute Gasteiger partial charge is 0.319 e. The summed E-state index contributed by atoms with van der Waals surface area (Å²) in [4.78, 5) is 19.8. The molecule has 7 nitrogen and oxygen atoms in total. The minimum absolute atomic E-state index is 0.118. The molecule has 1 heterocycles. The van der Waals surface area contributed by atoms with Gasteiger partial charge in [0.2, 0.25) is 0 Å². The zero-order valence-electron chi connectivity index (χ0n) is 10.1. The van der Waals surface area contributed by atoms with Crippen molar-refractivity contribution in [2.75, 3.05) is 10.7 Å². The third kappa shape index (κ3) is 3.09. The van der Waals surface area contributed by atoms with Crippen LogP contribution in [0.3, 0.4) is 0 Å². The number of nitrogen functional groups attached to an aromatic ring is 1. The van der Waals surface area contributed by atoms with Crippen molar-refractivity contribution in [3.8, 4) is 6.07 Å². The average molecular weight is 333 g/mol. The number of hydrogen-bond donors (Lipinski definition) is 3. The lowest BCUT2D eigenvalue weighted by atomic mass is 10.2. The van der Waals surface area contributed by atoms with Crippen LogP contribution in [0, 0.1) is 11.3 Å². The van der Waals surface area contributed by atoms with E-state index in [1.807, 2.05) is 6.07 Å². The Labute approximate surface area is 122 Å². The van der Waals surface area contributed by atoms with E-state index in [2.05, 4.69) is 36.6 Å². The quantitative estimate of drug-likeness (QED) is 0.581. The van der Waals surface area contributed by atoms with Crippen LogP contribution in [0.1, 0.15) is 16.1 Å². The number of hydrazine groups is 1. The molecule has 0 saturated carbocycles. The SMILES string of the molecule is N#Cc1ccc(Br)cc1NC(=O)c1cnc(NN)cn1. The van der Waals surface area contributed by atoms with Gasteiger partial charge in [-0.25, -0.2) is 15.8 Å². The number of nitrogens with two attached hydrogens (primary N) is 1. The van der Waals surface area contributed by atoms with E-state index < -0.39 is 5.91 Å². The van der Waals surface area contributed by atoms with Gasteiger partial charge >= 0.3 is 0 Å². The molecule has 2 rings (SSSR count). The van der Waals surface area contributed by atoms with Crippen LogP contribution in [0.25, 0.3) is 0 Å². The maximum absolute atomic E-state index is 12.0.